The van der Waals surface area contributed by atoms with E-state index in [9.17, 15) is 9.59 Å². The molecule has 8 heteroatoms. The molecule has 27 heavy (non-hydrogen) atoms. The van der Waals surface area contributed by atoms with Crippen molar-refractivity contribution in [3.05, 3.63) is 34.8 Å². The van der Waals surface area contributed by atoms with Gasteiger partial charge in [0.1, 0.15) is 16.4 Å². The van der Waals surface area contributed by atoms with Crippen LogP contribution >= 0.6 is 11.3 Å². The minimum Gasteiger partial charge on any atom is -0.485 e. The number of ether oxygens (including phenoxy) is 1. The van der Waals surface area contributed by atoms with E-state index in [0.29, 0.717) is 42.4 Å². The van der Waals surface area contributed by atoms with Crippen LogP contribution in [0.2, 0.25) is 0 Å². The standard InChI is InChI=1S/C19H22N4O3S/c1-2-17-21-22-18(27-17)20-16(25)7-9-23-10-8-19(12-23)11-14(24)13-5-3-4-6-15(13)26-19/h3-6H,2,7-12H2,1H3,(H,20,22,25). The number of aromatic nitrogens is 2. The molecule has 1 aromatic carbocycles. The van der Waals surface area contributed by atoms with E-state index in [1.54, 1.807) is 0 Å². The molecule has 1 unspecified atom stereocenters. The van der Waals surface area contributed by atoms with Crippen LogP contribution in [0.1, 0.15) is 41.6 Å². The Balaban J connectivity index is 1.31. The quantitative estimate of drug-likeness (QED) is 0.850. The zero-order valence-corrected chi connectivity index (χ0v) is 16.1. The predicted octanol–water partition coefficient (Wildman–Crippen LogP) is 2.54. The van der Waals surface area contributed by atoms with Gasteiger partial charge in [0.15, 0.2) is 5.78 Å². The number of aryl methyl sites for hydroxylation is 1. The van der Waals surface area contributed by atoms with Crippen molar-refractivity contribution in [3.63, 3.8) is 0 Å². The molecule has 3 heterocycles. The van der Waals surface area contributed by atoms with Gasteiger partial charge in [-0.3, -0.25) is 14.5 Å². The maximum absolute atomic E-state index is 12.5. The molecule has 1 saturated heterocycles. The largest absolute Gasteiger partial charge is 0.485 e. The first-order chi connectivity index (χ1) is 13.1. The number of carbonyl (C=O) groups excluding carboxylic acids is 2. The summed E-state index contributed by atoms with van der Waals surface area (Å²) >= 11 is 1.41. The van der Waals surface area contributed by atoms with Crippen molar-refractivity contribution >= 4 is 28.2 Å². The van der Waals surface area contributed by atoms with E-state index in [4.69, 9.17) is 4.74 Å². The third kappa shape index (κ3) is 3.86. The second-order valence-corrected chi connectivity index (χ2v) is 8.12. The Kier molecular flexibility index (Phi) is 4.92. The Morgan fingerprint density at radius 1 is 1.37 bits per heavy atom. The van der Waals surface area contributed by atoms with Gasteiger partial charge in [0, 0.05) is 32.5 Å². The monoisotopic (exact) mass is 386 g/mol. The molecule has 7 nitrogen and oxygen atoms in total. The Morgan fingerprint density at radius 3 is 3.04 bits per heavy atom. The Labute approximate surface area is 161 Å². The van der Waals surface area contributed by atoms with Crippen LogP contribution in [-0.4, -0.2) is 52.0 Å². The van der Waals surface area contributed by atoms with Gasteiger partial charge in [0.2, 0.25) is 11.0 Å². The number of rotatable bonds is 5. The molecular formula is C19H22N4O3S. The van der Waals surface area contributed by atoms with Crippen LogP contribution in [0.25, 0.3) is 0 Å². The topological polar surface area (TPSA) is 84.4 Å². The number of para-hydroxylation sites is 1. The molecule has 4 rings (SSSR count). The number of nitrogens with one attached hydrogen (secondary N) is 1. The lowest BCUT2D eigenvalue weighted by Gasteiger charge is -2.34. The maximum Gasteiger partial charge on any atom is 0.227 e. The number of carbonyl (C=O) groups is 2. The van der Waals surface area contributed by atoms with Crippen molar-refractivity contribution in [1.82, 2.24) is 15.1 Å². The molecule has 2 aromatic rings. The van der Waals surface area contributed by atoms with Crippen molar-refractivity contribution in [2.24, 2.45) is 0 Å². The van der Waals surface area contributed by atoms with E-state index in [-0.39, 0.29) is 11.7 Å². The van der Waals surface area contributed by atoms with E-state index in [1.807, 2.05) is 31.2 Å². The number of Topliss-reactive ketones (excluding diaryl/α,β-unsaturated/α-hetero) is 1. The van der Waals surface area contributed by atoms with Crippen molar-refractivity contribution in [2.75, 3.05) is 25.0 Å². The Bertz CT molecular complexity index is 868. The molecule has 1 atom stereocenters. The van der Waals surface area contributed by atoms with Crippen molar-refractivity contribution in [3.8, 4) is 5.75 Å². The summed E-state index contributed by atoms with van der Waals surface area (Å²) in [6, 6.07) is 7.43. The predicted molar refractivity (Wildman–Crippen MR) is 102 cm³/mol. The number of benzene rings is 1. The summed E-state index contributed by atoms with van der Waals surface area (Å²) in [5.74, 6) is 0.747. The summed E-state index contributed by atoms with van der Waals surface area (Å²) in [6.07, 6.45) is 2.38. The number of fused-ring (bicyclic) bond motifs is 1. The molecule has 142 valence electrons. The summed E-state index contributed by atoms with van der Waals surface area (Å²) in [7, 11) is 0. The van der Waals surface area contributed by atoms with E-state index in [1.165, 1.54) is 11.3 Å². The van der Waals surface area contributed by atoms with Crippen molar-refractivity contribution < 1.29 is 14.3 Å². The molecule has 1 amide bonds. The summed E-state index contributed by atoms with van der Waals surface area (Å²) < 4.78 is 6.22. The number of nitrogens with zero attached hydrogens (tertiary/aromatic N) is 3. The summed E-state index contributed by atoms with van der Waals surface area (Å²) in [5, 5.41) is 12.2. The van der Waals surface area contributed by atoms with Gasteiger partial charge in [-0.25, -0.2) is 0 Å². The average Bonchev–Trinajstić information content (AvgIpc) is 3.27. The Hall–Kier alpha value is -2.32. The summed E-state index contributed by atoms with van der Waals surface area (Å²) in [4.78, 5) is 26.8. The SMILES string of the molecule is CCc1nnc(NC(=O)CCN2CCC3(CC(=O)c4ccccc4O3)C2)s1. The molecule has 0 radical (unpaired) electrons. The summed E-state index contributed by atoms with van der Waals surface area (Å²) in [5.41, 5.74) is 0.210. The van der Waals surface area contributed by atoms with Crippen LogP contribution < -0.4 is 10.1 Å². The number of hydrogen-bond acceptors (Lipinski definition) is 7. The van der Waals surface area contributed by atoms with Gasteiger partial charge in [-0.05, 0) is 18.6 Å². The second kappa shape index (κ2) is 7.36. The molecule has 2 aliphatic rings. The number of hydrogen-bond donors (Lipinski definition) is 1. The van der Waals surface area contributed by atoms with Crippen molar-refractivity contribution in [2.45, 2.75) is 38.2 Å². The second-order valence-electron chi connectivity index (χ2n) is 7.06. The zero-order chi connectivity index (χ0) is 18.9. The number of likely N-dealkylation sites (tertiary alicyclic amines) is 1. The number of ketones is 1. The molecule has 0 bridgehead atoms. The van der Waals surface area contributed by atoms with Gasteiger partial charge < -0.3 is 10.1 Å². The van der Waals surface area contributed by atoms with Crippen LogP contribution in [0, 0.1) is 0 Å². The number of anilines is 1. The molecule has 1 aromatic heterocycles. The van der Waals surface area contributed by atoms with Gasteiger partial charge in [-0.15, -0.1) is 10.2 Å². The fourth-order valence-electron chi connectivity index (χ4n) is 3.68. The van der Waals surface area contributed by atoms with Crippen LogP contribution in [0.4, 0.5) is 5.13 Å². The minimum atomic E-state index is -0.461. The Morgan fingerprint density at radius 2 is 2.22 bits per heavy atom. The lowest BCUT2D eigenvalue weighted by atomic mass is 9.89. The fraction of sp³-hybridized carbons (Fsp3) is 0.474. The highest BCUT2D eigenvalue weighted by Crippen LogP contribution is 2.38. The van der Waals surface area contributed by atoms with Crippen LogP contribution in [0.3, 0.4) is 0 Å². The van der Waals surface area contributed by atoms with E-state index < -0.39 is 5.60 Å². The smallest absolute Gasteiger partial charge is 0.227 e. The molecule has 1 N–H and O–H groups in total. The first-order valence-corrected chi connectivity index (χ1v) is 10.0. The fourth-order valence-corrected chi connectivity index (χ4v) is 4.37. The van der Waals surface area contributed by atoms with Crippen molar-refractivity contribution in [1.29, 1.82) is 0 Å². The van der Waals surface area contributed by atoms with Crippen LogP contribution in [0.15, 0.2) is 24.3 Å². The normalized spacial score (nSPS) is 21.9. The molecule has 0 saturated carbocycles. The van der Waals surface area contributed by atoms with Gasteiger partial charge in [-0.1, -0.05) is 30.4 Å². The van der Waals surface area contributed by atoms with E-state index in [2.05, 4.69) is 20.4 Å². The third-order valence-corrected chi connectivity index (χ3v) is 6.05. The summed E-state index contributed by atoms with van der Waals surface area (Å²) in [6.45, 7) is 4.12. The lowest BCUT2D eigenvalue weighted by molar-refractivity contribution is -0.116. The number of amides is 1. The van der Waals surface area contributed by atoms with E-state index in [0.717, 1.165) is 24.4 Å². The maximum atomic E-state index is 12.5. The third-order valence-electron chi connectivity index (χ3n) is 5.06. The van der Waals surface area contributed by atoms with Gasteiger partial charge >= 0.3 is 0 Å². The first-order valence-electron chi connectivity index (χ1n) is 9.23. The van der Waals surface area contributed by atoms with Gasteiger partial charge in [0.05, 0.1) is 12.0 Å². The lowest BCUT2D eigenvalue weighted by Crippen LogP contribution is -2.44. The average molecular weight is 386 g/mol. The molecule has 2 aliphatic heterocycles. The molecular weight excluding hydrogens is 364 g/mol. The first kappa shape index (κ1) is 18.1. The molecule has 0 aliphatic carbocycles. The molecule has 1 spiro atoms. The van der Waals surface area contributed by atoms with Crippen LogP contribution in [-0.2, 0) is 11.2 Å². The zero-order valence-electron chi connectivity index (χ0n) is 15.2. The minimum absolute atomic E-state index is 0.0688. The molecule has 1 fully saturated rings. The highest BCUT2D eigenvalue weighted by Gasteiger charge is 2.45. The van der Waals surface area contributed by atoms with Gasteiger partial charge in [0.25, 0.3) is 0 Å². The van der Waals surface area contributed by atoms with E-state index >= 15 is 0 Å². The van der Waals surface area contributed by atoms with Gasteiger partial charge in [-0.2, -0.15) is 0 Å². The van der Waals surface area contributed by atoms with Crippen LogP contribution in [0.5, 0.6) is 5.75 Å². The highest BCUT2D eigenvalue weighted by molar-refractivity contribution is 7.15. The highest BCUT2D eigenvalue weighted by atomic mass is 32.1.